The van der Waals surface area contributed by atoms with Gasteiger partial charge < -0.3 is 4.74 Å². The van der Waals surface area contributed by atoms with Crippen molar-refractivity contribution in [2.75, 3.05) is 7.11 Å². The molecule has 0 radical (unpaired) electrons. The minimum atomic E-state index is -0.0870. The second kappa shape index (κ2) is 10.3. The third-order valence-electron chi connectivity index (χ3n) is 7.65. The highest BCUT2D eigenvalue weighted by atomic mass is 16.5. The van der Waals surface area contributed by atoms with E-state index >= 15 is 0 Å². The van der Waals surface area contributed by atoms with Crippen LogP contribution in [0.2, 0.25) is 0 Å². The van der Waals surface area contributed by atoms with Gasteiger partial charge in [0.15, 0.2) is 0 Å². The van der Waals surface area contributed by atoms with Gasteiger partial charge in [-0.05, 0) is 57.3 Å². The number of methoxy groups -OCH3 is 1. The number of ether oxygens (including phenoxy) is 1. The van der Waals surface area contributed by atoms with Gasteiger partial charge in [-0.15, -0.1) is 0 Å². The van der Waals surface area contributed by atoms with Gasteiger partial charge in [-0.3, -0.25) is 9.59 Å². The van der Waals surface area contributed by atoms with Gasteiger partial charge in [0.2, 0.25) is 0 Å². The Balaban J connectivity index is 1.08. The highest BCUT2D eigenvalue weighted by Crippen LogP contribution is 2.53. The SMILES string of the molecule is COC(=O)C1(CCCCCCCCCCCCC2(C(=O)CC3CC3)CC2)CC1. The lowest BCUT2D eigenvalue weighted by molar-refractivity contribution is -0.147. The Morgan fingerprint density at radius 2 is 1.14 bits per heavy atom. The van der Waals surface area contributed by atoms with Crippen molar-refractivity contribution in [2.24, 2.45) is 16.7 Å². The van der Waals surface area contributed by atoms with Gasteiger partial charge in [0.25, 0.3) is 0 Å². The number of carbonyl (C=O) groups excluding carboxylic acids is 2. The zero-order valence-electron chi connectivity index (χ0n) is 18.2. The fraction of sp³-hybridized carbons (Fsp3) is 0.920. The van der Waals surface area contributed by atoms with E-state index in [0.29, 0.717) is 5.78 Å². The quantitative estimate of drug-likeness (QED) is 0.203. The van der Waals surface area contributed by atoms with Crippen LogP contribution in [0.3, 0.4) is 0 Å². The molecule has 0 aliphatic heterocycles. The van der Waals surface area contributed by atoms with Crippen LogP contribution in [0.1, 0.15) is 122 Å². The topological polar surface area (TPSA) is 43.4 Å². The molecule has 0 atom stereocenters. The fourth-order valence-corrected chi connectivity index (χ4v) is 4.88. The number of carbonyl (C=O) groups is 2. The molecule has 28 heavy (non-hydrogen) atoms. The highest BCUT2D eigenvalue weighted by molar-refractivity contribution is 5.87. The Morgan fingerprint density at radius 3 is 1.54 bits per heavy atom. The second-order valence-electron chi connectivity index (χ2n) is 10.2. The molecular formula is C25H42O3. The van der Waals surface area contributed by atoms with Crippen LogP contribution in [0, 0.1) is 16.7 Å². The summed E-state index contributed by atoms with van der Waals surface area (Å²) >= 11 is 0. The van der Waals surface area contributed by atoms with Crippen molar-refractivity contribution in [1.29, 1.82) is 0 Å². The summed E-state index contributed by atoms with van der Waals surface area (Å²) in [6.07, 6.45) is 23.2. The molecule has 3 aliphatic carbocycles. The van der Waals surface area contributed by atoms with Crippen molar-refractivity contribution in [3.63, 3.8) is 0 Å². The van der Waals surface area contributed by atoms with E-state index in [4.69, 9.17) is 4.74 Å². The Bertz CT molecular complexity index is 512. The summed E-state index contributed by atoms with van der Waals surface area (Å²) < 4.78 is 4.92. The lowest BCUT2D eigenvalue weighted by atomic mass is 9.90. The standard InChI is InChI=1S/C25H42O3/c1-28-23(27)25(18-19-25)15-11-9-7-5-3-2-4-6-8-10-14-24(16-17-24)22(26)20-21-12-13-21/h21H,2-20H2,1H3. The van der Waals surface area contributed by atoms with Gasteiger partial charge in [0, 0.05) is 11.8 Å². The summed E-state index contributed by atoms with van der Waals surface area (Å²) in [5, 5.41) is 0. The lowest BCUT2D eigenvalue weighted by Gasteiger charge is -2.13. The first-order valence-corrected chi connectivity index (χ1v) is 12.2. The number of Topliss-reactive ketones (excluding diaryl/α,β-unsaturated/α-hetero) is 1. The van der Waals surface area contributed by atoms with E-state index in [-0.39, 0.29) is 16.8 Å². The summed E-state index contributed by atoms with van der Waals surface area (Å²) in [6.45, 7) is 0. The molecule has 3 saturated carbocycles. The molecule has 0 aromatic heterocycles. The molecule has 0 N–H and O–H groups in total. The largest absolute Gasteiger partial charge is 0.469 e. The van der Waals surface area contributed by atoms with Crippen LogP contribution in [-0.2, 0) is 14.3 Å². The van der Waals surface area contributed by atoms with Crippen LogP contribution in [0.5, 0.6) is 0 Å². The normalized spacial score (nSPS) is 21.3. The summed E-state index contributed by atoms with van der Waals surface area (Å²) in [5.41, 5.74) is 0.0613. The zero-order chi connectivity index (χ0) is 19.9. The zero-order valence-corrected chi connectivity index (χ0v) is 18.2. The first kappa shape index (κ1) is 21.8. The first-order valence-electron chi connectivity index (χ1n) is 12.2. The van der Waals surface area contributed by atoms with Gasteiger partial charge in [-0.25, -0.2) is 0 Å². The molecule has 0 amide bonds. The minimum absolute atomic E-state index is 0.0207. The van der Waals surface area contributed by atoms with E-state index in [1.165, 1.54) is 103 Å². The summed E-state index contributed by atoms with van der Waals surface area (Å²) in [6, 6.07) is 0. The molecule has 3 aliphatic rings. The molecular weight excluding hydrogens is 348 g/mol. The Labute approximate surface area is 172 Å². The molecule has 160 valence electrons. The highest BCUT2D eigenvalue weighted by Gasteiger charge is 2.50. The monoisotopic (exact) mass is 390 g/mol. The van der Waals surface area contributed by atoms with Gasteiger partial charge in [0.05, 0.1) is 12.5 Å². The second-order valence-corrected chi connectivity index (χ2v) is 10.2. The van der Waals surface area contributed by atoms with Crippen LogP contribution in [0.25, 0.3) is 0 Å². The van der Waals surface area contributed by atoms with Crippen LogP contribution < -0.4 is 0 Å². The third-order valence-corrected chi connectivity index (χ3v) is 7.65. The van der Waals surface area contributed by atoms with Crippen LogP contribution in [0.4, 0.5) is 0 Å². The van der Waals surface area contributed by atoms with Crippen LogP contribution in [-0.4, -0.2) is 18.9 Å². The predicted octanol–water partition coefficient (Wildman–Crippen LogP) is 6.77. The van der Waals surface area contributed by atoms with E-state index in [1.54, 1.807) is 0 Å². The van der Waals surface area contributed by atoms with Gasteiger partial charge >= 0.3 is 5.97 Å². The van der Waals surface area contributed by atoms with E-state index in [0.717, 1.165) is 31.6 Å². The molecule has 3 heteroatoms. The number of ketones is 1. The van der Waals surface area contributed by atoms with Crippen LogP contribution in [0.15, 0.2) is 0 Å². The van der Waals surface area contributed by atoms with Crippen molar-refractivity contribution < 1.29 is 14.3 Å². The third kappa shape index (κ3) is 6.59. The lowest BCUT2D eigenvalue weighted by Crippen LogP contribution is -2.17. The van der Waals surface area contributed by atoms with Crippen molar-refractivity contribution >= 4 is 11.8 Å². The maximum Gasteiger partial charge on any atom is 0.311 e. The molecule has 0 aromatic carbocycles. The molecule has 3 rings (SSSR count). The van der Waals surface area contributed by atoms with Crippen molar-refractivity contribution in [3.05, 3.63) is 0 Å². The number of hydrogen-bond donors (Lipinski definition) is 0. The van der Waals surface area contributed by atoms with Gasteiger partial charge in [-0.2, -0.15) is 0 Å². The number of rotatable bonds is 17. The Kier molecular flexibility index (Phi) is 8.00. The molecule has 3 fully saturated rings. The fourth-order valence-electron chi connectivity index (χ4n) is 4.88. The summed E-state index contributed by atoms with van der Waals surface area (Å²) in [4.78, 5) is 24.1. The van der Waals surface area contributed by atoms with E-state index in [9.17, 15) is 9.59 Å². The van der Waals surface area contributed by atoms with Crippen molar-refractivity contribution in [3.8, 4) is 0 Å². The summed E-state index contributed by atoms with van der Waals surface area (Å²) in [7, 11) is 1.51. The van der Waals surface area contributed by atoms with E-state index < -0.39 is 0 Å². The maximum atomic E-state index is 12.4. The molecule has 0 unspecified atom stereocenters. The molecule has 0 bridgehead atoms. The number of unbranched alkanes of at least 4 members (excludes halogenated alkanes) is 9. The van der Waals surface area contributed by atoms with Crippen molar-refractivity contribution in [1.82, 2.24) is 0 Å². The van der Waals surface area contributed by atoms with Gasteiger partial charge in [-0.1, -0.05) is 64.2 Å². The van der Waals surface area contributed by atoms with E-state index in [1.807, 2.05) is 0 Å². The number of esters is 1. The average molecular weight is 391 g/mol. The molecule has 0 aromatic rings. The van der Waals surface area contributed by atoms with Crippen molar-refractivity contribution in [2.45, 2.75) is 122 Å². The molecule has 3 nitrogen and oxygen atoms in total. The molecule has 0 spiro atoms. The maximum absolute atomic E-state index is 12.4. The number of hydrogen-bond acceptors (Lipinski definition) is 3. The van der Waals surface area contributed by atoms with Crippen LogP contribution >= 0.6 is 0 Å². The predicted molar refractivity (Wildman–Crippen MR) is 113 cm³/mol. The summed E-state index contributed by atoms with van der Waals surface area (Å²) in [5.74, 6) is 1.38. The smallest absolute Gasteiger partial charge is 0.311 e. The molecule has 0 heterocycles. The first-order chi connectivity index (χ1) is 13.6. The van der Waals surface area contributed by atoms with E-state index in [2.05, 4.69) is 0 Å². The minimum Gasteiger partial charge on any atom is -0.469 e. The Morgan fingerprint density at radius 1 is 0.714 bits per heavy atom. The Hall–Kier alpha value is -0.860. The average Bonchev–Trinajstić information content (AvgIpc) is 3.53. The van der Waals surface area contributed by atoms with Gasteiger partial charge in [0.1, 0.15) is 5.78 Å². The molecule has 0 saturated heterocycles.